The second kappa shape index (κ2) is 8.97. The maximum atomic E-state index is 12.3. The molecule has 7 heteroatoms. The molecule has 0 saturated carbocycles. The molecule has 3 aromatic rings. The van der Waals surface area contributed by atoms with Crippen LogP contribution in [0.2, 0.25) is 0 Å². The number of rotatable bonds is 9. The molecular formula is C22H29N3O3S. The highest BCUT2D eigenvalue weighted by Crippen LogP contribution is 2.31. The average molecular weight is 416 g/mol. The van der Waals surface area contributed by atoms with Crippen LogP contribution in [0.25, 0.3) is 21.8 Å². The molecule has 1 amide bonds. The standard InChI is InChI=1S/C22H29N3O3S/c1-4-25-20-10-6-5-9-18(20)19-15-17(12-13-21(19)25)24-22(26)11-7-8-14-23-29(27,28)16(2)3/h5-6,9-10,12-13,15-16,23H,4,7-8,11,14H2,1-3H3,(H,24,26). The van der Waals surface area contributed by atoms with Gasteiger partial charge >= 0.3 is 0 Å². The lowest BCUT2D eigenvalue weighted by atomic mass is 10.1. The van der Waals surface area contributed by atoms with Gasteiger partial charge in [-0.15, -0.1) is 0 Å². The Kier molecular flexibility index (Phi) is 6.59. The van der Waals surface area contributed by atoms with Crippen molar-refractivity contribution < 1.29 is 13.2 Å². The van der Waals surface area contributed by atoms with E-state index >= 15 is 0 Å². The average Bonchev–Trinajstić information content (AvgIpc) is 3.00. The molecule has 1 heterocycles. The molecule has 1 aromatic heterocycles. The molecule has 0 spiro atoms. The molecule has 0 bridgehead atoms. The lowest BCUT2D eigenvalue weighted by Gasteiger charge is -2.09. The summed E-state index contributed by atoms with van der Waals surface area (Å²) in [4.78, 5) is 12.3. The molecule has 0 aliphatic rings. The Balaban J connectivity index is 1.60. The number of amides is 1. The lowest BCUT2D eigenvalue weighted by Crippen LogP contribution is -2.31. The molecule has 0 aliphatic carbocycles. The first-order valence-electron chi connectivity index (χ1n) is 10.1. The van der Waals surface area contributed by atoms with E-state index in [4.69, 9.17) is 0 Å². The Morgan fingerprint density at radius 1 is 1.03 bits per heavy atom. The van der Waals surface area contributed by atoms with E-state index in [0.29, 0.717) is 25.8 Å². The van der Waals surface area contributed by atoms with Crippen LogP contribution in [0.5, 0.6) is 0 Å². The fourth-order valence-electron chi connectivity index (χ4n) is 3.49. The quantitative estimate of drug-likeness (QED) is 0.513. The molecular weight excluding hydrogens is 386 g/mol. The summed E-state index contributed by atoms with van der Waals surface area (Å²) in [5.74, 6) is -0.0599. The van der Waals surface area contributed by atoms with Gasteiger partial charge < -0.3 is 9.88 Å². The zero-order valence-corrected chi connectivity index (χ0v) is 18.1. The summed E-state index contributed by atoms with van der Waals surface area (Å²) in [7, 11) is -3.24. The zero-order chi connectivity index (χ0) is 21.0. The van der Waals surface area contributed by atoms with Gasteiger partial charge in [-0.2, -0.15) is 0 Å². The summed E-state index contributed by atoms with van der Waals surface area (Å²) in [6, 6.07) is 14.3. The van der Waals surface area contributed by atoms with Crippen molar-refractivity contribution in [2.75, 3.05) is 11.9 Å². The van der Waals surface area contributed by atoms with E-state index in [9.17, 15) is 13.2 Å². The second-order valence-corrected chi connectivity index (χ2v) is 9.81. The van der Waals surface area contributed by atoms with Gasteiger partial charge in [-0.1, -0.05) is 18.2 Å². The van der Waals surface area contributed by atoms with Crippen LogP contribution in [-0.2, 0) is 21.4 Å². The summed E-state index contributed by atoms with van der Waals surface area (Å²) in [5.41, 5.74) is 3.13. The molecule has 0 aliphatic heterocycles. The Morgan fingerprint density at radius 2 is 1.76 bits per heavy atom. The van der Waals surface area contributed by atoms with E-state index in [1.54, 1.807) is 13.8 Å². The van der Waals surface area contributed by atoms with Gasteiger partial charge in [0, 0.05) is 47.0 Å². The molecule has 0 fully saturated rings. The number of nitrogens with zero attached hydrogens (tertiary/aromatic N) is 1. The minimum Gasteiger partial charge on any atom is -0.341 e. The molecule has 3 rings (SSSR count). The number of aryl methyl sites for hydroxylation is 1. The van der Waals surface area contributed by atoms with Crippen LogP contribution in [-0.4, -0.2) is 30.7 Å². The molecule has 0 atom stereocenters. The zero-order valence-electron chi connectivity index (χ0n) is 17.2. The molecule has 2 aromatic carbocycles. The minimum atomic E-state index is -3.24. The highest BCUT2D eigenvalue weighted by molar-refractivity contribution is 7.90. The third kappa shape index (κ3) is 4.79. The van der Waals surface area contributed by atoms with Crippen LogP contribution in [0.3, 0.4) is 0 Å². The van der Waals surface area contributed by atoms with Crippen molar-refractivity contribution in [3.63, 3.8) is 0 Å². The van der Waals surface area contributed by atoms with Crippen molar-refractivity contribution in [2.45, 2.75) is 51.8 Å². The predicted octanol–water partition coefficient (Wildman–Crippen LogP) is 4.25. The van der Waals surface area contributed by atoms with Gasteiger partial charge in [0.05, 0.1) is 5.25 Å². The molecule has 156 valence electrons. The Labute approximate surface area is 172 Å². The van der Waals surface area contributed by atoms with E-state index in [0.717, 1.165) is 23.1 Å². The number of para-hydroxylation sites is 1. The van der Waals surface area contributed by atoms with Crippen molar-refractivity contribution >= 4 is 43.4 Å². The van der Waals surface area contributed by atoms with Crippen molar-refractivity contribution in [2.24, 2.45) is 0 Å². The van der Waals surface area contributed by atoms with E-state index in [-0.39, 0.29) is 5.91 Å². The summed E-state index contributed by atoms with van der Waals surface area (Å²) >= 11 is 0. The van der Waals surface area contributed by atoms with Crippen molar-refractivity contribution in [1.82, 2.24) is 9.29 Å². The normalized spacial score (nSPS) is 12.1. The van der Waals surface area contributed by atoms with Crippen LogP contribution in [0, 0.1) is 0 Å². The first-order chi connectivity index (χ1) is 13.8. The number of fused-ring (bicyclic) bond motifs is 3. The summed E-state index contributed by atoms with van der Waals surface area (Å²) in [6.07, 6.45) is 1.62. The van der Waals surface area contributed by atoms with E-state index in [2.05, 4.69) is 39.7 Å². The maximum absolute atomic E-state index is 12.3. The Bertz CT molecular complexity index is 1120. The molecule has 29 heavy (non-hydrogen) atoms. The van der Waals surface area contributed by atoms with Gasteiger partial charge in [-0.25, -0.2) is 13.1 Å². The van der Waals surface area contributed by atoms with Gasteiger partial charge in [0.15, 0.2) is 0 Å². The highest BCUT2D eigenvalue weighted by atomic mass is 32.2. The number of benzene rings is 2. The van der Waals surface area contributed by atoms with E-state index in [1.807, 2.05) is 24.3 Å². The van der Waals surface area contributed by atoms with Crippen LogP contribution < -0.4 is 10.0 Å². The highest BCUT2D eigenvalue weighted by Gasteiger charge is 2.14. The summed E-state index contributed by atoms with van der Waals surface area (Å²) in [6.45, 7) is 6.66. The number of carbonyl (C=O) groups excluding carboxylic acids is 1. The van der Waals surface area contributed by atoms with Gasteiger partial charge in [0.1, 0.15) is 0 Å². The Morgan fingerprint density at radius 3 is 2.48 bits per heavy atom. The number of sulfonamides is 1. The fraction of sp³-hybridized carbons (Fsp3) is 0.409. The van der Waals surface area contributed by atoms with E-state index in [1.165, 1.54) is 10.9 Å². The summed E-state index contributed by atoms with van der Waals surface area (Å²) in [5, 5.41) is 4.83. The summed E-state index contributed by atoms with van der Waals surface area (Å²) < 4.78 is 28.2. The molecule has 0 radical (unpaired) electrons. The number of carbonyl (C=O) groups is 1. The number of hydrogen-bond donors (Lipinski definition) is 2. The first-order valence-corrected chi connectivity index (χ1v) is 11.7. The van der Waals surface area contributed by atoms with Gasteiger partial charge in [-0.05, 0) is 57.9 Å². The number of aromatic nitrogens is 1. The smallest absolute Gasteiger partial charge is 0.224 e. The van der Waals surface area contributed by atoms with Crippen LogP contribution in [0.15, 0.2) is 42.5 Å². The predicted molar refractivity (Wildman–Crippen MR) is 120 cm³/mol. The maximum Gasteiger partial charge on any atom is 0.224 e. The van der Waals surface area contributed by atoms with Crippen molar-refractivity contribution in [3.05, 3.63) is 42.5 Å². The third-order valence-electron chi connectivity index (χ3n) is 5.13. The lowest BCUT2D eigenvalue weighted by molar-refractivity contribution is -0.116. The number of nitrogens with one attached hydrogen (secondary N) is 2. The monoisotopic (exact) mass is 415 g/mol. The molecule has 2 N–H and O–H groups in total. The fourth-order valence-corrected chi connectivity index (χ4v) is 4.25. The van der Waals surface area contributed by atoms with Gasteiger partial charge in [-0.3, -0.25) is 4.79 Å². The van der Waals surface area contributed by atoms with Crippen molar-refractivity contribution in [3.8, 4) is 0 Å². The first kappa shape index (κ1) is 21.3. The largest absolute Gasteiger partial charge is 0.341 e. The van der Waals surface area contributed by atoms with Crippen LogP contribution in [0.4, 0.5) is 5.69 Å². The van der Waals surface area contributed by atoms with Crippen LogP contribution in [0.1, 0.15) is 40.0 Å². The van der Waals surface area contributed by atoms with Gasteiger partial charge in [0.25, 0.3) is 0 Å². The number of anilines is 1. The number of hydrogen-bond acceptors (Lipinski definition) is 3. The molecule has 0 unspecified atom stereocenters. The van der Waals surface area contributed by atoms with Crippen molar-refractivity contribution in [1.29, 1.82) is 0 Å². The molecule has 0 saturated heterocycles. The molecule has 6 nitrogen and oxygen atoms in total. The van der Waals surface area contributed by atoms with E-state index < -0.39 is 15.3 Å². The SMILES string of the molecule is CCn1c2ccccc2c2cc(NC(=O)CCCCNS(=O)(=O)C(C)C)ccc21. The van der Waals surface area contributed by atoms with Gasteiger partial charge in [0.2, 0.25) is 15.9 Å². The Hall–Kier alpha value is -2.38. The second-order valence-electron chi connectivity index (χ2n) is 7.49. The third-order valence-corrected chi connectivity index (χ3v) is 6.97. The number of unbranched alkanes of at least 4 members (excludes halogenated alkanes) is 1. The van der Waals surface area contributed by atoms with Crippen LogP contribution >= 0.6 is 0 Å². The topological polar surface area (TPSA) is 80.2 Å². The minimum absolute atomic E-state index is 0.0599.